The minimum Gasteiger partial charge on any atom is -0.497 e. The number of benzene rings is 1. The molecule has 6 nitrogen and oxygen atoms in total. The number of hydrogen-bond donors (Lipinski definition) is 0. The first-order valence-electron chi connectivity index (χ1n) is 8.09. The number of anilines is 1. The van der Waals surface area contributed by atoms with Gasteiger partial charge in [0, 0.05) is 9.75 Å². The van der Waals surface area contributed by atoms with Gasteiger partial charge in [-0.15, -0.1) is 11.3 Å². The zero-order valence-electron chi connectivity index (χ0n) is 15.1. The third-order valence-corrected chi connectivity index (χ3v) is 5.37. The highest BCUT2D eigenvalue weighted by molar-refractivity contribution is 7.80. The molecule has 0 atom stereocenters. The van der Waals surface area contributed by atoms with E-state index in [0.717, 1.165) is 9.75 Å². The number of ether oxygens (including phenoxy) is 2. The Labute approximate surface area is 166 Å². The van der Waals surface area contributed by atoms with Crippen LogP contribution in [0.2, 0.25) is 0 Å². The molecule has 1 saturated heterocycles. The molecule has 1 amide bonds. The molecule has 0 bridgehead atoms. The zero-order valence-corrected chi connectivity index (χ0v) is 16.7. The maximum atomic E-state index is 13.1. The summed E-state index contributed by atoms with van der Waals surface area (Å²) in [5.74, 6) is -0.0947. The number of aryl methyl sites for hydroxylation is 1. The number of amides is 1. The zero-order chi connectivity index (χ0) is 19.6. The summed E-state index contributed by atoms with van der Waals surface area (Å²) in [6, 6.07) is 10.9. The predicted octanol–water partition coefficient (Wildman–Crippen LogP) is 3.21. The van der Waals surface area contributed by atoms with Crippen molar-refractivity contribution in [2.75, 3.05) is 25.7 Å². The van der Waals surface area contributed by atoms with Crippen molar-refractivity contribution < 1.29 is 19.1 Å². The normalized spacial score (nSPS) is 15.6. The van der Waals surface area contributed by atoms with Gasteiger partial charge in [-0.25, -0.2) is 0 Å². The van der Waals surface area contributed by atoms with Gasteiger partial charge in [-0.2, -0.15) is 0 Å². The number of hydrogen-bond acceptors (Lipinski definition) is 6. The van der Waals surface area contributed by atoms with E-state index in [9.17, 15) is 9.59 Å². The predicted molar refractivity (Wildman–Crippen MR) is 109 cm³/mol. The lowest BCUT2D eigenvalue weighted by Gasteiger charge is -2.19. The maximum Gasteiger partial charge on any atom is 0.325 e. The van der Waals surface area contributed by atoms with Gasteiger partial charge in [0.2, 0.25) is 0 Å². The molecule has 0 radical (unpaired) electrons. The largest absolute Gasteiger partial charge is 0.497 e. The van der Waals surface area contributed by atoms with Crippen molar-refractivity contribution in [3.8, 4) is 5.75 Å². The van der Waals surface area contributed by atoms with Crippen molar-refractivity contribution in [1.29, 1.82) is 0 Å². The van der Waals surface area contributed by atoms with E-state index in [4.69, 9.17) is 21.7 Å². The minimum absolute atomic E-state index is 0.135. The molecule has 1 aromatic heterocycles. The molecule has 1 aliphatic heterocycles. The van der Waals surface area contributed by atoms with Crippen LogP contribution in [0.15, 0.2) is 42.1 Å². The van der Waals surface area contributed by atoms with Crippen molar-refractivity contribution in [2.24, 2.45) is 0 Å². The average Bonchev–Trinajstić information content (AvgIpc) is 3.18. The quantitative estimate of drug-likeness (QED) is 0.435. The molecule has 0 unspecified atom stereocenters. The van der Waals surface area contributed by atoms with Crippen molar-refractivity contribution in [2.45, 2.75) is 6.92 Å². The lowest BCUT2D eigenvalue weighted by Crippen LogP contribution is -2.35. The van der Waals surface area contributed by atoms with Crippen molar-refractivity contribution in [3.63, 3.8) is 0 Å². The van der Waals surface area contributed by atoms with Gasteiger partial charge >= 0.3 is 5.97 Å². The fourth-order valence-corrected chi connectivity index (χ4v) is 3.82. The Morgan fingerprint density at radius 2 is 1.89 bits per heavy atom. The summed E-state index contributed by atoms with van der Waals surface area (Å²) in [5.41, 5.74) is 0.939. The Kier molecular flexibility index (Phi) is 5.57. The van der Waals surface area contributed by atoms with E-state index in [0.29, 0.717) is 17.1 Å². The fourth-order valence-electron chi connectivity index (χ4n) is 2.65. The van der Waals surface area contributed by atoms with Crippen molar-refractivity contribution in [3.05, 3.63) is 51.8 Å². The molecule has 3 rings (SSSR count). The summed E-state index contributed by atoms with van der Waals surface area (Å²) in [5, 5.41) is 0.232. The lowest BCUT2D eigenvalue weighted by molar-refractivity contribution is -0.140. The van der Waals surface area contributed by atoms with E-state index in [2.05, 4.69) is 0 Å². The highest BCUT2D eigenvalue weighted by Crippen LogP contribution is 2.31. The van der Waals surface area contributed by atoms with E-state index < -0.39 is 5.97 Å². The second kappa shape index (κ2) is 7.89. The van der Waals surface area contributed by atoms with Gasteiger partial charge in [0.25, 0.3) is 5.91 Å². The van der Waals surface area contributed by atoms with Crippen LogP contribution in [-0.4, -0.2) is 42.7 Å². The number of thiocarbonyl (C=S) groups is 1. The summed E-state index contributed by atoms with van der Waals surface area (Å²) in [6.45, 7) is 1.85. The number of rotatable bonds is 5. The molecular formula is C19H18N2O4S2. The number of thiophene rings is 1. The van der Waals surface area contributed by atoms with Gasteiger partial charge in [0.1, 0.15) is 18.0 Å². The molecule has 1 aliphatic rings. The molecule has 1 aromatic carbocycles. The molecular weight excluding hydrogens is 384 g/mol. The van der Waals surface area contributed by atoms with Crippen molar-refractivity contribution in [1.82, 2.24) is 4.90 Å². The van der Waals surface area contributed by atoms with E-state index >= 15 is 0 Å². The fraction of sp³-hybridized carbons (Fsp3) is 0.211. The van der Waals surface area contributed by atoms with Crippen LogP contribution in [0.25, 0.3) is 6.08 Å². The highest BCUT2D eigenvalue weighted by atomic mass is 32.1. The van der Waals surface area contributed by atoms with Crippen molar-refractivity contribution >= 4 is 52.3 Å². The molecule has 27 heavy (non-hydrogen) atoms. The Morgan fingerprint density at radius 1 is 1.19 bits per heavy atom. The van der Waals surface area contributed by atoms with Gasteiger partial charge in [-0.3, -0.25) is 14.5 Å². The first kappa shape index (κ1) is 19.1. The SMILES string of the molecule is COC(=O)CN1C(=S)N(c2ccc(OC)cc2)C(=O)/C1=C/c1ccc(C)s1. The minimum atomic E-state index is -0.477. The van der Waals surface area contributed by atoms with Crippen LogP contribution in [0.1, 0.15) is 9.75 Å². The lowest BCUT2D eigenvalue weighted by atomic mass is 10.2. The van der Waals surface area contributed by atoms with Crippen LogP contribution < -0.4 is 9.64 Å². The molecule has 0 saturated carbocycles. The third kappa shape index (κ3) is 3.86. The molecule has 8 heteroatoms. The van der Waals surface area contributed by atoms with Crippen LogP contribution in [-0.2, 0) is 14.3 Å². The number of nitrogens with zero attached hydrogens (tertiary/aromatic N) is 2. The summed E-state index contributed by atoms with van der Waals surface area (Å²) in [6.07, 6.45) is 1.75. The summed E-state index contributed by atoms with van der Waals surface area (Å²) in [4.78, 5) is 29.9. The van der Waals surface area contributed by atoms with Crippen LogP contribution in [0.5, 0.6) is 5.75 Å². The van der Waals surface area contributed by atoms with Crippen LogP contribution in [0, 0.1) is 6.92 Å². The molecule has 140 valence electrons. The Hall–Kier alpha value is -2.71. The first-order chi connectivity index (χ1) is 12.9. The first-order valence-corrected chi connectivity index (χ1v) is 9.32. The van der Waals surface area contributed by atoms with Crippen LogP contribution >= 0.6 is 23.6 Å². The van der Waals surface area contributed by atoms with Crippen LogP contribution in [0.4, 0.5) is 5.69 Å². The smallest absolute Gasteiger partial charge is 0.325 e. The number of carbonyl (C=O) groups is 2. The topological polar surface area (TPSA) is 59.1 Å². The monoisotopic (exact) mass is 402 g/mol. The summed E-state index contributed by atoms with van der Waals surface area (Å²) < 4.78 is 9.92. The Morgan fingerprint density at radius 3 is 2.44 bits per heavy atom. The number of esters is 1. The van der Waals surface area contributed by atoms with Gasteiger partial charge in [0.05, 0.1) is 19.9 Å². The van der Waals surface area contributed by atoms with E-state index in [-0.39, 0.29) is 17.6 Å². The number of methoxy groups -OCH3 is 2. The summed E-state index contributed by atoms with van der Waals surface area (Å²) in [7, 11) is 2.87. The van der Waals surface area contributed by atoms with Crippen LogP contribution in [0.3, 0.4) is 0 Å². The average molecular weight is 402 g/mol. The maximum absolute atomic E-state index is 13.1. The van der Waals surface area contributed by atoms with E-state index in [1.165, 1.54) is 16.9 Å². The standard InChI is InChI=1S/C19H18N2O4S2/c1-12-4-9-15(27-12)10-16-18(23)21(13-5-7-14(24-2)8-6-13)19(26)20(16)11-17(22)25-3/h4-10H,11H2,1-3H3/b16-10-. The van der Waals surface area contributed by atoms with E-state index in [1.807, 2.05) is 19.1 Å². The van der Waals surface area contributed by atoms with Gasteiger partial charge in [-0.05, 0) is 61.6 Å². The molecule has 0 aliphatic carbocycles. The Balaban J connectivity index is 2.01. The molecule has 0 N–H and O–H groups in total. The van der Waals surface area contributed by atoms with Gasteiger partial charge in [-0.1, -0.05) is 0 Å². The second-order valence-corrected chi connectivity index (χ2v) is 7.45. The highest BCUT2D eigenvalue weighted by Gasteiger charge is 2.40. The molecule has 2 aromatic rings. The van der Waals surface area contributed by atoms with E-state index in [1.54, 1.807) is 48.8 Å². The third-order valence-electron chi connectivity index (χ3n) is 4.02. The van der Waals surface area contributed by atoms with Gasteiger partial charge < -0.3 is 14.4 Å². The van der Waals surface area contributed by atoms with Gasteiger partial charge in [0.15, 0.2) is 5.11 Å². The molecule has 2 heterocycles. The Bertz CT molecular complexity index is 918. The molecule has 0 spiro atoms. The molecule has 1 fully saturated rings. The summed E-state index contributed by atoms with van der Waals surface area (Å²) >= 11 is 7.06. The number of carbonyl (C=O) groups excluding carboxylic acids is 2. The second-order valence-electron chi connectivity index (χ2n) is 5.76.